The molecule has 1 heterocycles. The number of hydrogen-bond donors (Lipinski definition) is 2. The summed E-state index contributed by atoms with van der Waals surface area (Å²) in [6.45, 7) is 4.88. The van der Waals surface area contributed by atoms with E-state index in [2.05, 4.69) is 22.2 Å². The van der Waals surface area contributed by atoms with Crippen LogP contribution >= 0.6 is 47.2 Å². The third-order valence-corrected chi connectivity index (χ3v) is 2.87. The molecule has 0 aliphatic heterocycles. The summed E-state index contributed by atoms with van der Waals surface area (Å²) >= 11 is 11.6. The van der Waals surface area contributed by atoms with E-state index in [4.69, 9.17) is 33.7 Å². The zero-order valence-corrected chi connectivity index (χ0v) is 15.2. The first-order valence-corrected chi connectivity index (χ1v) is 6.78. The Morgan fingerprint density at radius 1 is 1.55 bits per heavy atom. The highest BCUT2D eigenvalue weighted by atomic mass is 127. The van der Waals surface area contributed by atoms with Gasteiger partial charge in [0.1, 0.15) is 11.6 Å². The molecule has 0 saturated heterocycles. The lowest BCUT2D eigenvalue weighted by Crippen LogP contribution is -2.38. The van der Waals surface area contributed by atoms with Gasteiger partial charge in [-0.2, -0.15) is 0 Å². The number of guanidine groups is 1. The number of aliphatic imine (C=N–C) groups is 1. The van der Waals surface area contributed by atoms with Crippen LogP contribution in [-0.2, 0) is 0 Å². The van der Waals surface area contributed by atoms with Crippen molar-refractivity contribution < 1.29 is 4.74 Å². The van der Waals surface area contributed by atoms with E-state index in [-0.39, 0.29) is 24.0 Å². The average molecular weight is 433 g/mol. The Hall–Kier alpha value is -0.470. The molecule has 1 aromatic heterocycles. The first-order chi connectivity index (χ1) is 9.02. The topological polar surface area (TPSA) is 72.5 Å². The molecule has 5 nitrogen and oxygen atoms in total. The fourth-order valence-electron chi connectivity index (χ4n) is 1.22. The Labute approximate surface area is 146 Å². The number of pyridine rings is 1. The molecule has 20 heavy (non-hydrogen) atoms. The normalized spacial score (nSPS) is 12.5. The van der Waals surface area contributed by atoms with Gasteiger partial charge in [-0.15, -0.1) is 24.0 Å². The van der Waals surface area contributed by atoms with Gasteiger partial charge in [0.05, 0.1) is 11.6 Å². The highest BCUT2D eigenvalue weighted by molar-refractivity contribution is 14.0. The standard InChI is InChI=1S/C12H18Cl2N4O.HI/c1-3-8(2)18-12(15)16-4-5-19-11-10(14)6-9(13)7-17-11;/h6-8H,3-5H2,1-2H3,(H3,15,16,18);1H. The van der Waals surface area contributed by atoms with E-state index < -0.39 is 0 Å². The van der Waals surface area contributed by atoms with Crippen LogP contribution in [0.3, 0.4) is 0 Å². The molecule has 0 aliphatic rings. The third kappa shape index (κ3) is 7.35. The summed E-state index contributed by atoms with van der Waals surface area (Å²) in [5, 5.41) is 3.91. The number of aromatic nitrogens is 1. The Morgan fingerprint density at radius 2 is 2.25 bits per heavy atom. The second-order valence-corrected chi connectivity index (χ2v) is 4.85. The Bertz CT molecular complexity index is 445. The summed E-state index contributed by atoms with van der Waals surface area (Å²) in [6.07, 6.45) is 2.46. The average Bonchev–Trinajstić information content (AvgIpc) is 2.36. The van der Waals surface area contributed by atoms with Crippen molar-refractivity contribution in [3.63, 3.8) is 0 Å². The van der Waals surface area contributed by atoms with Gasteiger partial charge in [0.25, 0.3) is 0 Å². The van der Waals surface area contributed by atoms with E-state index in [0.717, 1.165) is 6.42 Å². The predicted octanol–water partition coefficient (Wildman–Crippen LogP) is 3.09. The van der Waals surface area contributed by atoms with Gasteiger partial charge in [0, 0.05) is 12.2 Å². The van der Waals surface area contributed by atoms with Crippen molar-refractivity contribution in [2.75, 3.05) is 13.2 Å². The highest BCUT2D eigenvalue weighted by Crippen LogP contribution is 2.24. The molecule has 1 aromatic rings. The second kappa shape index (κ2) is 10.3. The van der Waals surface area contributed by atoms with Crippen LogP contribution in [0, 0.1) is 0 Å². The molecule has 0 bridgehead atoms. The fraction of sp³-hybridized carbons (Fsp3) is 0.500. The Balaban J connectivity index is 0.00000361. The van der Waals surface area contributed by atoms with Crippen LogP contribution in [0.25, 0.3) is 0 Å². The summed E-state index contributed by atoms with van der Waals surface area (Å²) in [5.41, 5.74) is 5.70. The van der Waals surface area contributed by atoms with Crippen LogP contribution in [0.15, 0.2) is 17.3 Å². The van der Waals surface area contributed by atoms with Crippen molar-refractivity contribution in [2.45, 2.75) is 26.3 Å². The molecular formula is C12H19Cl2IN4O. The zero-order chi connectivity index (χ0) is 14.3. The summed E-state index contributed by atoms with van der Waals surface area (Å²) in [7, 11) is 0. The van der Waals surface area contributed by atoms with Gasteiger partial charge in [0.2, 0.25) is 5.88 Å². The molecular weight excluding hydrogens is 414 g/mol. The molecule has 1 atom stereocenters. The molecule has 0 spiro atoms. The minimum atomic E-state index is 0. The van der Waals surface area contributed by atoms with E-state index in [1.165, 1.54) is 6.20 Å². The molecule has 0 radical (unpaired) electrons. The Morgan fingerprint density at radius 3 is 2.85 bits per heavy atom. The summed E-state index contributed by atoms with van der Waals surface area (Å²) in [6, 6.07) is 1.88. The van der Waals surface area contributed by atoms with E-state index in [1.807, 2.05) is 6.92 Å². The minimum absolute atomic E-state index is 0. The Kier molecular flexibility index (Phi) is 10.0. The van der Waals surface area contributed by atoms with Gasteiger partial charge in [0.15, 0.2) is 5.96 Å². The zero-order valence-electron chi connectivity index (χ0n) is 11.4. The van der Waals surface area contributed by atoms with Gasteiger partial charge in [-0.05, 0) is 19.4 Å². The number of nitrogens with two attached hydrogens (primary N) is 1. The van der Waals surface area contributed by atoms with E-state index in [9.17, 15) is 0 Å². The highest BCUT2D eigenvalue weighted by Gasteiger charge is 2.04. The minimum Gasteiger partial charge on any atom is -0.475 e. The maximum Gasteiger partial charge on any atom is 0.232 e. The smallest absolute Gasteiger partial charge is 0.232 e. The van der Waals surface area contributed by atoms with Gasteiger partial charge in [-0.1, -0.05) is 30.1 Å². The molecule has 1 rings (SSSR count). The molecule has 0 aliphatic carbocycles. The molecule has 0 amide bonds. The lowest BCUT2D eigenvalue weighted by atomic mass is 10.3. The van der Waals surface area contributed by atoms with Crippen LogP contribution in [0.5, 0.6) is 5.88 Å². The van der Waals surface area contributed by atoms with Crippen LogP contribution in [0.4, 0.5) is 0 Å². The molecule has 0 saturated carbocycles. The van der Waals surface area contributed by atoms with Gasteiger partial charge < -0.3 is 15.8 Å². The van der Waals surface area contributed by atoms with Crippen molar-refractivity contribution in [1.82, 2.24) is 10.3 Å². The lowest BCUT2D eigenvalue weighted by molar-refractivity contribution is 0.316. The summed E-state index contributed by atoms with van der Waals surface area (Å²) < 4.78 is 5.38. The molecule has 1 unspecified atom stereocenters. The van der Waals surface area contributed by atoms with E-state index >= 15 is 0 Å². The molecule has 0 fully saturated rings. The molecule has 0 aromatic carbocycles. The number of hydrogen-bond acceptors (Lipinski definition) is 3. The largest absolute Gasteiger partial charge is 0.475 e. The van der Waals surface area contributed by atoms with Crippen molar-refractivity contribution in [3.05, 3.63) is 22.3 Å². The maximum atomic E-state index is 5.91. The van der Waals surface area contributed by atoms with E-state index in [0.29, 0.717) is 41.1 Å². The summed E-state index contributed by atoms with van der Waals surface area (Å²) in [4.78, 5) is 8.11. The molecule has 8 heteroatoms. The fourth-order valence-corrected chi connectivity index (χ4v) is 1.65. The van der Waals surface area contributed by atoms with E-state index in [1.54, 1.807) is 6.07 Å². The van der Waals surface area contributed by atoms with Gasteiger partial charge in [-0.25, -0.2) is 9.98 Å². The molecule has 114 valence electrons. The van der Waals surface area contributed by atoms with Crippen LogP contribution in [0.2, 0.25) is 10.0 Å². The molecule has 3 N–H and O–H groups in total. The number of halogens is 3. The van der Waals surface area contributed by atoms with Gasteiger partial charge in [-0.3, -0.25) is 0 Å². The van der Waals surface area contributed by atoms with Crippen LogP contribution in [-0.4, -0.2) is 30.1 Å². The van der Waals surface area contributed by atoms with Crippen LogP contribution in [0.1, 0.15) is 20.3 Å². The summed E-state index contributed by atoms with van der Waals surface area (Å²) in [5.74, 6) is 0.753. The SMILES string of the molecule is CCC(C)NC(N)=NCCOc1ncc(Cl)cc1Cl.I. The quantitative estimate of drug-likeness (QED) is 0.313. The van der Waals surface area contributed by atoms with Crippen molar-refractivity contribution in [3.8, 4) is 5.88 Å². The monoisotopic (exact) mass is 432 g/mol. The lowest BCUT2D eigenvalue weighted by Gasteiger charge is -2.11. The first kappa shape index (κ1) is 19.5. The third-order valence-electron chi connectivity index (χ3n) is 2.39. The first-order valence-electron chi connectivity index (χ1n) is 6.03. The number of nitrogens with one attached hydrogen (secondary N) is 1. The second-order valence-electron chi connectivity index (χ2n) is 4.01. The van der Waals surface area contributed by atoms with Crippen molar-refractivity contribution >= 4 is 53.1 Å². The predicted molar refractivity (Wildman–Crippen MR) is 94.5 cm³/mol. The van der Waals surface area contributed by atoms with Crippen LogP contribution < -0.4 is 15.8 Å². The van der Waals surface area contributed by atoms with Gasteiger partial charge >= 0.3 is 0 Å². The van der Waals surface area contributed by atoms with Crippen molar-refractivity contribution in [1.29, 1.82) is 0 Å². The van der Waals surface area contributed by atoms with Crippen molar-refractivity contribution in [2.24, 2.45) is 10.7 Å². The number of ether oxygens (including phenoxy) is 1. The maximum absolute atomic E-state index is 5.91. The number of rotatable bonds is 6. The number of nitrogens with zero attached hydrogens (tertiary/aromatic N) is 2.